The molecule has 3 aromatic rings. The molecule has 24 heavy (non-hydrogen) atoms. The Hall–Kier alpha value is -3.09. The number of hydrogen-bond donors (Lipinski definition) is 1. The van der Waals surface area contributed by atoms with Crippen molar-refractivity contribution in [2.24, 2.45) is 0 Å². The molecule has 3 aromatic heterocycles. The molecule has 0 aliphatic rings. The summed E-state index contributed by atoms with van der Waals surface area (Å²) in [5, 5.41) is 6.46. The third kappa shape index (κ3) is 4.01. The minimum absolute atomic E-state index is 0.169. The number of carbonyl (C=O) groups excluding carboxylic acids is 1. The maximum Gasteiger partial charge on any atom is 0.273 e. The monoisotopic (exact) mass is 327 g/mol. The van der Waals surface area contributed by atoms with Crippen molar-refractivity contribution in [1.29, 1.82) is 0 Å². The van der Waals surface area contributed by atoms with Gasteiger partial charge in [-0.2, -0.15) is 0 Å². The van der Waals surface area contributed by atoms with Crippen molar-refractivity contribution in [3.05, 3.63) is 65.2 Å². The average molecular weight is 327 g/mol. The molecule has 0 radical (unpaired) electrons. The van der Waals surface area contributed by atoms with Crippen LogP contribution < -0.4 is 10.1 Å². The summed E-state index contributed by atoms with van der Waals surface area (Å²) in [5.74, 6) is 2.22. The predicted molar refractivity (Wildman–Crippen MR) is 84.4 cm³/mol. The zero-order valence-corrected chi connectivity index (χ0v) is 13.4. The van der Waals surface area contributed by atoms with Gasteiger partial charge in [-0.1, -0.05) is 5.16 Å². The first-order valence-electron chi connectivity index (χ1n) is 7.45. The third-order valence-corrected chi connectivity index (χ3v) is 3.28. The molecule has 0 atom stereocenters. The summed E-state index contributed by atoms with van der Waals surface area (Å²) in [6.45, 7) is 4.21. The van der Waals surface area contributed by atoms with Gasteiger partial charge in [0.05, 0.1) is 12.7 Å². The van der Waals surface area contributed by atoms with Crippen molar-refractivity contribution in [1.82, 2.24) is 15.5 Å². The summed E-state index contributed by atoms with van der Waals surface area (Å²) in [4.78, 5) is 16.2. The van der Waals surface area contributed by atoms with Gasteiger partial charge in [-0.3, -0.25) is 9.78 Å². The quantitative estimate of drug-likeness (QED) is 0.748. The van der Waals surface area contributed by atoms with E-state index in [1.807, 2.05) is 38.1 Å². The second-order valence-corrected chi connectivity index (χ2v) is 5.30. The molecule has 0 aliphatic carbocycles. The number of ether oxygens (including phenoxy) is 1. The zero-order valence-electron chi connectivity index (χ0n) is 13.4. The number of pyridine rings is 1. The van der Waals surface area contributed by atoms with Gasteiger partial charge in [-0.15, -0.1) is 0 Å². The number of hydrogen-bond acceptors (Lipinski definition) is 6. The second kappa shape index (κ2) is 6.99. The number of nitrogens with one attached hydrogen (secondary N) is 1. The van der Waals surface area contributed by atoms with Crippen LogP contribution in [0, 0.1) is 13.8 Å². The van der Waals surface area contributed by atoms with E-state index < -0.39 is 0 Å². The van der Waals surface area contributed by atoms with Gasteiger partial charge in [-0.25, -0.2) is 0 Å². The molecule has 0 bridgehead atoms. The maximum atomic E-state index is 12.0. The molecule has 0 aromatic carbocycles. The van der Waals surface area contributed by atoms with E-state index in [0.29, 0.717) is 23.8 Å². The maximum absolute atomic E-state index is 12.0. The van der Waals surface area contributed by atoms with E-state index in [0.717, 1.165) is 11.5 Å². The first kappa shape index (κ1) is 15.8. The van der Waals surface area contributed by atoms with Crippen LogP contribution in [-0.2, 0) is 13.2 Å². The lowest BCUT2D eigenvalue weighted by atomic mass is 10.3. The normalized spacial score (nSPS) is 10.6. The highest BCUT2D eigenvalue weighted by Crippen LogP contribution is 2.12. The highest BCUT2D eigenvalue weighted by atomic mass is 16.5. The van der Waals surface area contributed by atoms with Gasteiger partial charge in [0.2, 0.25) is 0 Å². The van der Waals surface area contributed by atoms with Crippen LogP contribution in [0.3, 0.4) is 0 Å². The Morgan fingerprint density at radius 3 is 2.79 bits per heavy atom. The first-order chi connectivity index (χ1) is 11.6. The summed E-state index contributed by atoms with van der Waals surface area (Å²) in [5.41, 5.74) is 1.10. The van der Waals surface area contributed by atoms with Gasteiger partial charge in [0.1, 0.15) is 23.9 Å². The van der Waals surface area contributed by atoms with E-state index in [2.05, 4.69) is 15.5 Å². The molecular formula is C17H17N3O4. The largest absolute Gasteiger partial charge is 0.484 e. The molecule has 7 nitrogen and oxygen atoms in total. The van der Waals surface area contributed by atoms with Crippen LogP contribution in [0.15, 0.2) is 45.5 Å². The highest BCUT2D eigenvalue weighted by molar-refractivity contribution is 5.92. The molecule has 0 unspecified atom stereocenters. The van der Waals surface area contributed by atoms with Gasteiger partial charge >= 0.3 is 0 Å². The molecule has 0 spiro atoms. The zero-order chi connectivity index (χ0) is 16.9. The van der Waals surface area contributed by atoms with E-state index >= 15 is 0 Å². The fraction of sp³-hybridized carbons (Fsp3) is 0.235. The third-order valence-electron chi connectivity index (χ3n) is 3.28. The Kier molecular flexibility index (Phi) is 4.60. The van der Waals surface area contributed by atoms with Crippen LogP contribution in [0.25, 0.3) is 0 Å². The van der Waals surface area contributed by atoms with Crippen molar-refractivity contribution in [2.45, 2.75) is 27.0 Å². The molecule has 0 saturated heterocycles. The van der Waals surface area contributed by atoms with E-state index in [-0.39, 0.29) is 18.2 Å². The summed E-state index contributed by atoms with van der Waals surface area (Å²) >= 11 is 0. The van der Waals surface area contributed by atoms with Crippen LogP contribution in [0.2, 0.25) is 0 Å². The number of carbonyl (C=O) groups is 1. The number of aryl methyl sites for hydroxylation is 2. The summed E-state index contributed by atoms with van der Waals surface area (Å²) in [7, 11) is 0. The van der Waals surface area contributed by atoms with Gasteiger partial charge in [-0.05, 0) is 38.1 Å². The Morgan fingerprint density at radius 1 is 1.21 bits per heavy atom. The van der Waals surface area contributed by atoms with Crippen molar-refractivity contribution >= 4 is 5.91 Å². The van der Waals surface area contributed by atoms with E-state index in [9.17, 15) is 4.79 Å². The van der Waals surface area contributed by atoms with Crippen molar-refractivity contribution in [3.63, 3.8) is 0 Å². The molecule has 7 heteroatoms. The molecule has 1 amide bonds. The van der Waals surface area contributed by atoms with Crippen molar-refractivity contribution < 1.29 is 18.5 Å². The lowest BCUT2D eigenvalue weighted by molar-refractivity contribution is 0.0938. The Balaban J connectivity index is 1.52. The number of aromatic nitrogens is 2. The lowest BCUT2D eigenvalue weighted by Crippen LogP contribution is -2.22. The molecule has 1 N–H and O–H groups in total. The van der Waals surface area contributed by atoms with E-state index in [4.69, 9.17) is 13.7 Å². The molecular weight excluding hydrogens is 310 g/mol. The van der Waals surface area contributed by atoms with E-state index in [1.54, 1.807) is 12.3 Å². The predicted octanol–water partition coefficient (Wildman–Crippen LogP) is 2.79. The van der Waals surface area contributed by atoms with E-state index in [1.165, 1.54) is 0 Å². The molecule has 124 valence electrons. The van der Waals surface area contributed by atoms with Crippen LogP contribution in [0.5, 0.6) is 5.75 Å². The van der Waals surface area contributed by atoms with Crippen LogP contribution >= 0.6 is 0 Å². The van der Waals surface area contributed by atoms with Crippen molar-refractivity contribution in [3.8, 4) is 5.75 Å². The van der Waals surface area contributed by atoms with Gasteiger partial charge < -0.3 is 19.0 Å². The molecule has 0 saturated carbocycles. The fourth-order valence-corrected chi connectivity index (χ4v) is 2.02. The number of nitrogens with zero attached hydrogens (tertiary/aromatic N) is 2. The van der Waals surface area contributed by atoms with Crippen LogP contribution in [0.4, 0.5) is 0 Å². The molecule has 0 fully saturated rings. The highest BCUT2D eigenvalue weighted by Gasteiger charge is 2.13. The van der Waals surface area contributed by atoms with Crippen LogP contribution in [-0.4, -0.2) is 16.0 Å². The standard InChI is InChI=1S/C17H17N3O4/c1-11-3-5-13(8-18-11)22-10-15-7-16(20-24-15)17(21)19-9-14-6-4-12(2)23-14/h3-8H,9-10H2,1-2H3,(H,19,21). The summed E-state index contributed by atoms with van der Waals surface area (Å²) in [6, 6.07) is 8.87. The SMILES string of the molecule is Cc1ccc(OCc2cc(C(=O)NCc3ccc(C)o3)no2)cn1. The first-order valence-corrected chi connectivity index (χ1v) is 7.45. The number of amides is 1. The van der Waals surface area contributed by atoms with Crippen LogP contribution in [0.1, 0.15) is 33.5 Å². The Morgan fingerprint density at radius 2 is 2.08 bits per heavy atom. The lowest BCUT2D eigenvalue weighted by Gasteiger charge is -2.02. The Bertz CT molecular complexity index is 820. The molecule has 0 aliphatic heterocycles. The summed E-state index contributed by atoms with van der Waals surface area (Å²) in [6.07, 6.45) is 1.63. The number of rotatable bonds is 6. The molecule has 3 heterocycles. The van der Waals surface area contributed by atoms with Gasteiger partial charge in [0, 0.05) is 11.8 Å². The smallest absolute Gasteiger partial charge is 0.273 e. The van der Waals surface area contributed by atoms with Gasteiger partial charge in [0.15, 0.2) is 11.5 Å². The fourth-order valence-electron chi connectivity index (χ4n) is 2.02. The topological polar surface area (TPSA) is 90.4 Å². The Labute approximate surface area is 138 Å². The minimum Gasteiger partial charge on any atom is -0.484 e. The minimum atomic E-state index is -0.337. The molecule has 3 rings (SSSR count). The van der Waals surface area contributed by atoms with Crippen molar-refractivity contribution in [2.75, 3.05) is 0 Å². The average Bonchev–Trinajstić information content (AvgIpc) is 3.21. The van der Waals surface area contributed by atoms with Gasteiger partial charge in [0.25, 0.3) is 5.91 Å². The summed E-state index contributed by atoms with van der Waals surface area (Å²) < 4.78 is 16.0. The second-order valence-electron chi connectivity index (χ2n) is 5.30. The number of furan rings is 1.